The Labute approximate surface area is 191 Å². The minimum Gasteiger partial charge on any atom is -0.435 e. The molecule has 10 heteroatoms. The molecule has 0 aliphatic carbocycles. The lowest BCUT2D eigenvalue weighted by Gasteiger charge is -2.12. The molecule has 170 valence electrons. The number of rotatable bonds is 6. The summed E-state index contributed by atoms with van der Waals surface area (Å²) < 4.78 is 7.29. The fraction of sp³-hybridized carbons (Fsp3) is 0.304. The second-order valence-corrected chi connectivity index (χ2v) is 8.74. The Morgan fingerprint density at radius 3 is 2.64 bits per heavy atom. The third kappa shape index (κ3) is 5.22. The maximum Gasteiger partial charge on any atom is 0.288 e. The SMILES string of the molecule is Cc1cc(-c2ncnc(Nc3ccn(C)n3)n2)ccc1CNC(=O)c1cnc(C(C)(C)C)o1. The van der Waals surface area contributed by atoms with Crippen molar-refractivity contribution < 1.29 is 9.21 Å². The number of benzene rings is 1. The van der Waals surface area contributed by atoms with Crippen LogP contribution in [-0.2, 0) is 19.0 Å². The highest BCUT2D eigenvalue weighted by molar-refractivity contribution is 5.91. The van der Waals surface area contributed by atoms with Gasteiger partial charge in [-0.1, -0.05) is 32.9 Å². The number of amides is 1. The van der Waals surface area contributed by atoms with Crippen LogP contribution in [-0.4, -0.2) is 35.6 Å². The number of oxazole rings is 1. The van der Waals surface area contributed by atoms with Crippen LogP contribution < -0.4 is 10.6 Å². The molecule has 0 unspecified atom stereocenters. The van der Waals surface area contributed by atoms with Crippen molar-refractivity contribution in [1.82, 2.24) is 35.0 Å². The summed E-state index contributed by atoms with van der Waals surface area (Å²) >= 11 is 0. The van der Waals surface area contributed by atoms with Gasteiger partial charge in [0, 0.05) is 36.8 Å². The lowest BCUT2D eigenvalue weighted by Crippen LogP contribution is -2.22. The quantitative estimate of drug-likeness (QED) is 0.461. The van der Waals surface area contributed by atoms with E-state index in [2.05, 4.69) is 35.7 Å². The van der Waals surface area contributed by atoms with Crippen LogP contribution in [0.15, 0.2) is 47.4 Å². The summed E-state index contributed by atoms with van der Waals surface area (Å²) in [6.45, 7) is 8.28. The zero-order valence-corrected chi connectivity index (χ0v) is 19.2. The van der Waals surface area contributed by atoms with Gasteiger partial charge in [-0.25, -0.2) is 15.0 Å². The van der Waals surface area contributed by atoms with E-state index in [1.807, 2.05) is 65.2 Å². The van der Waals surface area contributed by atoms with E-state index in [4.69, 9.17) is 4.42 Å². The molecule has 0 saturated carbocycles. The van der Waals surface area contributed by atoms with Crippen molar-refractivity contribution in [2.75, 3.05) is 5.32 Å². The molecule has 0 atom stereocenters. The molecule has 3 aromatic heterocycles. The first-order valence-electron chi connectivity index (χ1n) is 10.5. The average Bonchev–Trinajstić information content (AvgIpc) is 3.42. The molecule has 0 bridgehead atoms. The molecule has 1 amide bonds. The predicted octanol–water partition coefficient (Wildman–Crippen LogP) is 3.54. The smallest absolute Gasteiger partial charge is 0.288 e. The zero-order chi connectivity index (χ0) is 23.6. The Bertz CT molecular complexity index is 1290. The van der Waals surface area contributed by atoms with Gasteiger partial charge in [0.25, 0.3) is 5.91 Å². The van der Waals surface area contributed by atoms with Crippen molar-refractivity contribution in [3.8, 4) is 11.4 Å². The highest BCUT2D eigenvalue weighted by Gasteiger charge is 2.22. The Morgan fingerprint density at radius 2 is 1.97 bits per heavy atom. The van der Waals surface area contributed by atoms with E-state index >= 15 is 0 Å². The first-order valence-corrected chi connectivity index (χ1v) is 10.5. The van der Waals surface area contributed by atoms with Gasteiger partial charge in [0.15, 0.2) is 11.6 Å². The van der Waals surface area contributed by atoms with Crippen LogP contribution in [0, 0.1) is 6.92 Å². The number of carbonyl (C=O) groups is 1. The fourth-order valence-corrected chi connectivity index (χ4v) is 3.11. The summed E-state index contributed by atoms with van der Waals surface area (Å²) in [5, 5.41) is 10.2. The van der Waals surface area contributed by atoms with Gasteiger partial charge in [-0.05, 0) is 24.1 Å². The Kier molecular flexibility index (Phi) is 5.91. The Balaban J connectivity index is 1.43. The third-order valence-electron chi connectivity index (χ3n) is 4.94. The van der Waals surface area contributed by atoms with Gasteiger partial charge in [-0.2, -0.15) is 10.1 Å². The Hall–Kier alpha value is -4.08. The maximum absolute atomic E-state index is 12.5. The normalized spacial score (nSPS) is 11.4. The number of nitrogens with zero attached hydrogens (tertiary/aromatic N) is 6. The zero-order valence-electron chi connectivity index (χ0n) is 19.2. The summed E-state index contributed by atoms with van der Waals surface area (Å²) in [6, 6.07) is 7.68. The van der Waals surface area contributed by atoms with E-state index in [1.165, 1.54) is 12.5 Å². The summed E-state index contributed by atoms with van der Waals surface area (Å²) in [5.41, 5.74) is 2.57. The molecule has 2 N–H and O–H groups in total. The van der Waals surface area contributed by atoms with E-state index in [-0.39, 0.29) is 17.1 Å². The van der Waals surface area contributed by atoms with Crippen molar-refractivity contribution in [3.05, 3.63) is 65.8 Å². The largest absolute Gasteiger partial charge is 0.435 e. The highest BCUT2D eigenvalue weighted by Crippen LogP contribution is 2.22. The van der Waals surface area contributed by atoms with E-state index in [9.17, 15) is 4.79 Å². The molecule has 0 saturated heterocycles. The van der Waals surface area contributed by atoms with Crippen molar-refractivity contribution in [3.63, 3.8) is 0 Å². The molecule has 4 aromatic rings. The minimum atomic E-state index is -0.302. The van der Waals surface area contributed by atoms with Gasteiger partial charge in [0.05, 0.1) is 6.20 Å². The van der Waals surface area contributed by atoms with Crippen LogP contribution in [0.5, 0.6) is 0 Å². The van der Waals surface area contributed by atoms with Crippen LogP contribution in [0.4, 0.5) is 11.8 Å². The van der Waals surface area contributed by atoms with Crippen molar-refractivity contribution in [2.45, 2.75) is 39.7 Å². The number of nitrogens with one attached hydrogen (secondary N) is 2. The van der Waals surface area contributed by atoms with Gasteiger partial charge < -0.3 is 15.1 Å². The van der Waals surface area contributed by atoms with Crippen LogP contribution in [0.2, 0.25) is 0 Å². The van der Waals surface area contributed by atoms with E-state index < -0.39 is 0 Å². The van der Waals surface area contributed by atoms with Crippen LogP contribution >= 0.6 is 0 Å². The standard InChI is InChI=1S/C23H26N8O2/c1-14-10-15(19-26-13-27-22(29-19)28-18-8-9-31(5)30-18)6-7-16(14)11-24-20(32)17-12-25-21(33-17)23(2,3)4/h6-10,12-13H,11H2,1-5H3,(H,24,32)(H,26,27,28,29,30). The van der Waals surface area contributed by atoms with Crippen LogP contribution in [0.1, 0.15) is 48.3 Å². The first-order chi connectivity index (χ1) is 15.7. The fourth-order valence-electron chi connectivity index (χ4n) is 3.11. The van der Waals surface area contributed by atoms with Crippen molar-refractivity contribution in [2.24, 2.45) is 7.05 Å². The van der Waals surface area contributed by atoms with E-state index in [0.29, 0.717) is 30.0 Å². The molecule has 1 aromatic carbocycles. The monoisotopic (exact) mass is 446 g/mol. The number of anilines is 2. The molecule has 0 spiro atoms. The average molecular weight is 447 g/mol. The van der Waals surface area contributed by atoms with Gasteiger partial charge in [0.2, 0.25) is 17.6 Å². The summed E-state index contributed by atoms with van der Waals surface area (Å²) in [4.78, 5) is 29.6. The summed E-state index contributed by atoms with van der Waals surface area (Å²) in [7, 11) is 1.84. The maximum atomic E-state index is 12.5. The van der Waals surface area contributed by atoms with Crippen LogP contribution in [0.3, 0.4) is 0 Å². The number of hydrogen-bond donors (Lipinski definition) is 2. The molecular formula is C23H26N8O2. The Morgan fingerprint density at radius 1 is 1.15 bits per heavy atom. The third-order valence-corrected chi connectivity index (χ3v) is 4.94. The summed E-state index contributed by atoms with van der Waals surface area (Å²) in [5.74, 6) is 2.03. The molecule has 0 aliphatic heterocycles. The van der Waals surface area contributed by atoms with Crippen molar-refractivity contribution >= 4 is 17.7 Å². The number of aryl methyl sites for hydroxylation is 2. The van der Waals surface area contributed by atoms with Gasteiger partial charge in [0.1, 0.15) is 6.33 Å². The molecule has 0 fully saturated rings. The molecule has 4 rings (SSSR count). The minimum absolute atomic E-state index is 0.201. The van der Waals surface area contributed by atoms with Gasteiger partial charge in [-0.3, -0.25) is 9.48 Å². The van der Waals surface area contributed by atoms with E-state index in [1.54, 1.807) is 4.68 Å². The lowest BCUT2D eigenvalue weighted by atomic mass is 9.97. The second kappa shape index (κ2) is 8.81. The lowest BCUT2D eigenvalue weighted by molar-refractivity contribution is 0.0919. The molecule has 10 nitrogen and oxygen atoms in total. The number of aromatic nitrogens is 6. The highest BCUT2D eigenvalue weighted by atomic mass is 16.4. The number of hydrogen-bond acceptors (Lipinski definition) is 8. The predicted molar refractivity (Wildman–Crippen MR) is 123 cm³/mol. The topological polar surface area (TPSA) is 124 Å². The van der Waals surface area contributed by atoms with Crippen molar-refractivity contribution in [1.29, 1.82) is 0 Å². The summed E-state index contributed by atoms with van der Waals surface area (Å²) in [6.07, 6.45) is 4.75. The van der Waals surface area contributed by atoms with Gasteiger partial charge in [-0.15, -0.1) is 0 Å². The first kappa shape index (κ1) is 22.1. The molecule has 3 heterocycles. The number of carbonyl (C=O) groups excluding carboxylic acids is 1. The molecule has 0 aliphatic rings. The van der Waals surface area contributed by atoms with Gasteiger partial charge >= 0.3 is 0 Å². The molecule has 33 heavy (non-hydrogen) atoms. The van der Waals surface area contributed by atoms with Crippen LogP contribution in [0.25, 0.3) is 11.4 Å². The second-order valence-electron chi connectivity index (χ2n) is 8.74. The molecule has 0 radical (unpaired) electrons. The molecular weight excluding hydrogens is 420 g/mol. The van der Waals surface area contributed by atoms with E-state index in [0.717, 1.165) is 16.7 Å².